The van der Waals surface area contributed by atoms with Crippen molar-refractivity contribution in [3.63, 3.8) is 0 Å². The molecule has 3 aromatic heterocycles. The highest BCUT2D eigenvalue weighted by atomic mass is 15.0. The molecule has 63 heavy (non-hydrogen) atoms. The number of aromatic nitrogens is 4. The van der Waals surface area contributed by atoms with E-state index in [4.69, 9.17) is 9.97 Å². The van der Waals surface area contributed by atoms with E-state index >= 15 is 0 Å². The highest BCUT2D eigenvalue weighted by Crippen LogP contribution is 2.64. The van der Waals surface area contributed by atoms with Crippen LogP contribution in [0.3, 0.4) is 0 Å². The molecule has 0 amide bonds. The van der Waals surface area contributed by atoms with E-state index < -0.39 is 5.41 Å². The molecule has 0 saturated carbocycles. The monoisotopic (exact) mass is 800 g/mol. The number of hydrogen-bond donors (Lipinski definition) is 0. The summed E-state index contributed by atoms with van der Waals surface area (Å²) in [5.74, 6) is 0.702. The van der Waals surface area contributed by atoms with Crippen molar-refractivity contribution in [2.24, 2.45) is 0 Å². The first-order valence-corrected chi connectivity index (χ1v) is 21.7. The number of benzene rings is 9. The molecule has 4 nitrogen and oxygen atoms in total. The molecule has 12 aromatic rings. The van der Waals surface area contributed by atoms with Gasteiger partial charge in [-0.15, -0.1) is 0 Å². The van der Waals surface area contributed by atoms with Crippen LogP contribution >= 0.6 is 0 Å². The van der Waals surface area contributed by atoms with Gasteiger partial charge in [-0.2, -0.15) is 0 Å². The van der Waals surface area contributed by atoms with Crippen LogP contribution in [0.25, 0.3) is 100 Å². The molecule has 2 aliphatic carbocycles. The summed E-state index contributed by atoms with van der Waals surface area (Å²) in [6.07, 6.45) is 0. The van der Waals surface area contributed by atoms with Gasteiger partial charge in [-0.1, -0.05) is 182 Å². The Kier molecular flexibility index (Phi) is 7.01. The molecule has 292 valence electrons. The maximum absolute atomic E-state index is 5.49. The molecule has 0 radical (unpaired) electrons. The largest absolute Gasteiger partial charge is 0.309 e. The third kappa shape index (κ3) is 4.54. The Morgan fingerprint density at radius 2 is 0.905 bits per heavy atom. The zero-order valence-electron chi connectivity index (χ0n) is 34.1. The molecule has 0 saturated heterocycles. The zero-order chi connectivity index (χ0) is 41.2. The quantitative estimate of drug-likeness (QED) is 0.178. The molecule has 0 atom stereocenters. The van der Waals surface area contributed by atoms with E-state index in [0.29, 0.717) is 5.82 Å². The molecule has 14 rings (SSSR count). The summed E-state index contributed by atoms with van der Waals surface area (Å²) in [5.41, 5.74) is 20.5. The Bertz CT molecular complexity index is 3800. The molecular weight excluding hydrogens is 765 g/mol. The zero-order valence-corrected chi connectivity index (χ0v) is 34.1. The van der Waals surface area contributed by atoms with Crippen LogP contribution < -0.4 is 0 Å². The van der Waals surface area contributed by atoms with Crippen molar-refractivity contribution in [2.75, 3.05) is 0 Å². The van der Waals surface area contributed by atoms with E-state index in [0.717, 1.165) is 50.1 Å². The Morgan fingerprint density at radius 1 is 0.349 bits per heavy atom. The van der Waals surface area contributed by atoms with Crippen molar-refractivity contribution < 1.29 is 0 Å². The highest BCUT2D eigenvalue weighted by molar-refractivity contribution is 6.18. The summed E-state index contributed by atoms with van der Waals surface area (Å²) in [5, 5.41) is 3.53. The van der Waals surface area contributed by atoms with Gasteiger partial charge in [0.15, 0.2) is 5.82 Å². The smallest absolute Gasteiger partial charge is 0.160 e. The minimum atomic E-state index is -0.444. The van der Waals surface area contributed by atoms with Crippen LogP contribution in [0.4, 0.5) is 0 Å². The first kappa shape index (κ1) is 34.4. The molecule has 3 heterocycles. The van der Waals surface area contributed by atoms with Crippen LogP contribution in [-0.2, 0) is 5.41 Å². The topological polar surface area (TPSA) is 35.6 Å². The van der Waals surface area contributed by atoms with Gasteiger partial charge in [0.05, 0.1) is 33.2 Å². The average Bonchev–Trinajstić information content (AvgIpc) is 4.06. The lowest BCUT2D eigenvalue weighted by atomic mass is 9.70. The Labute approximate surface area is 363 Å². The molecule has 1 spiro atoms. The second kappa shape index (κ2) is 12.8. The predicted octanol–water partition coefficient (Wildman–Crippen LogP) is 14.3. The fraction of sp³-hybridized carbons (Fsp3) is 0.0169. The van der Waals surface area contributed by atoms with Gasteiger partial charge < -0.3 is 9.13 Å². The molecule has 2 aliphatic rings. The number of para-hydroxylation sites is 2. The summed E-state index contributed by atoms with van der Waals surface area (Å²) in [6, 6.07) is 79.4. The summed E-state index contributed by atoms with van der Waals surface area (Å²) < 4.78 is 4.87. The van der Waals surface area contributed by atoms with Gasteiger partial charge in [0.2, 0.25) is 0 Å². The second-order valence-electron chi connectivity index (χ2n) is 16.8. The lowest BCUT2D eigenvalue weighted by Crippen LogP contribution is -2.25. The molecular formula is C59H36N4. The fourth-order valence-electron chi connectivity index (χ4n) is 11.3. The maximum atomic E-state index is 5.49. The predicted molar refractivity (Wildman–Crippen MR) is 258 cm³/mol. The van der Waals surface area contributed by atoms with Gasteiger partial charge in [-0.3, -0.25) is 0 Å². The number of hydrogen-bond acceptors (Lipinski definition) is 2. The van der Waals surface area contributed by atoms with Crippen LogP contribution in [0.2, 0.25) is 0 Å². The summed E-state index contributed by atoms with van der Waals surface area (Å²) >= 11 is 0. The second-order valence-corrected chi connectivity index (χ2v) is 16.8. The van der Waals surface area contributed by atoms with E-state index in [1.807, 2.05) is 6.07 Å². The molecule has 0 aliphatic heterocycles. The maximum Gasteiger partial charge on any atom is 0.160 e. The fourth-order valence-corrected chi connectivity index (χ4v) is 11.3. The van der Waals surface area contributed by atoms with E-state index in [1.165, 1.54) is 66.3 Å². The number of nitrogens with zero attached hydrogens (tertiary/aromatic N) is 4. The van der Waals surface area contributed by atoms with Gasteiger partial charge in [-0.05, 0) is 75.3 Å². The van der Waals surface area contributed by atoms with E-state index in [2.05, 4.69) is 221 Å². The van der Waals surface area contributed by atoms with Crippen LogP contribution in [0, 0.1) is 0 Å². The van der Waals surface area contributed by atoms with Crippen LogP contribution in [0.5, 0.6) is 0 Å². The van der Waals surface area contributed by atoms with Crippen LogP contribution in [0.1, 0.15) is 22.3 Å². The molecule has 0 bridgehead atoms. The lowest BCUT2D eigenvalue weighted by Gasteiger charge is -2.30. The first-order chi connectivity index (χ1) is 31.3. The van der Waals surface area contributed by atoms with Gasteiger partial charge >= 0.3 is 0 Å². The van der Waals surface area contributed by atoms with Crippen LogP contribution in [-0.4, -0.2) is 19.1 Å². The molecule has 9 aromatic carbocycles. The molecule has 4 heteroatoms. The highest BCUT2D eigenvalue weighted by Gasteiger charge is 2.52. The minimum absolute atomic E-state index is 0.444. The summed E-state index contributed by atoms with van der Waals surface area (Å²) in [4.78, 5) is 10.9. The van der Waals surface area contributed by atoms with Gasteiger partial charge in [-0.25, -0.2) is 9.97 Å². The summed E-state index contributed by atoms with van der Waals surface area (Å²) in [6.45, 7) is 0. The Morgan fingerprint density at radius 3 is 1.62 bits per heavy atom. The van der Waals surface area contributed by atoms with E-state index in [1.54, 1.807) is 0 Å². The third-order valence-electron chi connectivity index (χ3n) is 13.7. The Hall–Kier alpha value is -8.34. The molecule has 0 fully saturated rings. The minimum Gasteiger partial charge on any atom is -0.309 e. The van der Waals surface area contributed by atoms with Crippen molar-refractivity contribution in [1.82, 2.24) is 19.1 Å². The van der Waals surface area contributed by atoms with Crippen molar-refractivity contribution >= 4 is 43.7 Å². The standard InChI is InChI=1S/C59H36N4/c1-4-18-37(19-5-1)54-57-55(61-58(60-54)38-20-6-2-7-21-38)46-36-40(32-35-52(46)62(57)39-22-8-3-9-23-39)63-51-31-17-13-26-43(51)44-33-34-50-53(56(44)63)45-27-12-16-30-49(45)59(50)47-28-14-10-24-41(47)42-25-11-15-29-48(42)59/h1-36H. The normalized spacial score (nSPS) is 13.2. The summed E-state index contributed by atoms with van der Waals surface area (Å²) in [7, 11) is 0. The number of fused-ring (bicyclic) bond motifs is 17. The van der Waals surface area contributed by atoms with Gasteiger partial charge in [0.25, 0.3) is 0 Å². The Balaban J connectivity index is 1.12. The lowest BCUT2D eigenvalue weighted by molar-refractivity contribution is 0.794. The average molecular weight is 801 g/mol. The van der Waals surface area contributed by atoms with Crippen molar-refractivity contribution in [3.05, 3.63) is 241 Å². The van der Waals surface area contributed by atoms with Crippen LogP contribution in [0.15, 0.2) is 218 Å². The number of rotatable bonds is 4. The van der Waals surface area contributed by atoms with Crippen molar-refractivity contribution in [2.45, 2.75) is 5.41 Å². The third-order valence-corrected chi connectivity index (χ3v) is 13.7. The molecule has 0 N–H and O–H groups in total. The van der Waals surface area contributed by atoms with E-state index in [-0.39, 0.29) is 0 Å². The van der Waals surface area contributed by atoms with Crippen molar-refractivity contribution in [1.29, 1.82) is 0 Å². The van der Waals surface area contributed by atoms with Gasteiger partial charge in [0, 0.05) is 44.2 Å². The SMILES string of the molecule is c1ccc(-c2nc(-c3ccccc3)c3c(n2)c2cc(-n4c5ccccc5c5ccc6c(c54)-c4ccccc4C64c5ccccc5-c5ccccc54)ccc2n3-c2ccccc2)cc1. The molecule has 0 unspecified atom stereocenters. The first-order valence-electron chi connectivity index (χ1n) is 21.7. The van der Waals surface area contributed by atoms with E-state index in [9.17, 15) is 0 Å². The van der Waals surface area contributed by atoms with Crippen molar-refractivity contribution in [3.8, 4) is 56.3 Å². The van der Waals surface area contributed by atoms with Gasteiger partial charge in [0.1, 0.15) is 5.52 Å².